The molecule has 4 aromatic heterocycles. The summed E-state index contributed by atoms with van der Waals surface area (Å²) in [6.07, 6.45) is 3.46. The molecule has 32 heavy (non-hydrogen) atoms. The van der Waals surface area contributed by atoms with Crippen LogP contribution < -0.4 is 4.74 Å². The molecule has 0 spiro atoms. The van der Waals surface area contributed by atoms with E-state index in [1.165, 1.54) is 4.88 Å². The lowest BCUT2D eigenvalue weighted by atomic mass is 10.1. The number of aryl methyl sites for hydroxylation is 1. The average molecular weight is 443 g/mol. The summed E-state index contributed by atoms with van der Waals surface area (Å²) < 4.78 is 7.24. The molecule has 0 atom stereocenters. The number of nitrogens with one attached hydrogen (secondary N) is 1. The lowest BCUT2D eigenvalue weighted by molar-refractivity contribution is 0.398. The van der Waals surface area contributed by atoms with E-state index in [9.17, 15) is 10.5 Å². The molecule has 0 saturated carbocycles. The van der Waals surface area contributed by atoms with Crippen molar-refractivity contribution in [1.82, 2.24) is 19.5 Å². The number of thiophene rings is 1. The van der Waals surface area contributed by atoms with Crippen molar-refractivity contribution in [3.8, 4) is 23.0 Å². The van der Waals surface area contributed by atoms with Gasteiger partial charge in [-0.25, -0.2) is 9.97 Å². The number of allylic oxidation sites excluding steroid dienone is 1. The summed E-state index contributed by atoms with van der Waals surface area (Å²) in [7, 11) is 1.55. The van der Waals surface area contributed by atoms with E-state index in [-0.39, 0.29) is 0 Å². The fourth-order valence-electron chi connectivity index (χ4n) is 3.62. The highest BCUT2D eigenvalue weighted by molar-refractivity contribution is 7.14. The predicted octanol–water partition coefficient (Wildman–Crippen LogP) is 5.49. The summed E-state index contributed by atoms with van der Waals surface area (Å²) in [4.78, 5) is 13.0. The summed E-state index contributed by atoms with van der Waals surface area (Å²) in [6.45, 7) is 8.25. The SMILES string of the molecule is COc1cc2nc(/C(C#N)=C/c3cc(C)n(-c4sc(C(C)C)cc4C#N)c3C)[nH]c2cn1. The van der Waals surface area contributed by atoms with Crippen LogP contribution in [0.2, 0.25) is 0 Å². The van der Waals surface area contributed by atoms with E-state index in [0.29, 0.717) is 34.3 Å². The molecule has 0 bridgehead atoms. The standard InChI is InChI=1S/C24H22N6OS/c1-13(2)21-8-18(11-26)24(32-21)30-14(3)6-16(15(30)4)7-17(10-25)23-28-19-9-22(31-5)27-12-20(19)29-23/h6-9,12-13H,1-5H3,(H,28,29)/b17-7+. The van der Waals surface area contributed by atoms with Crippen LogP contribution in [-0.4, -0.2) is 26.6 Å². The number of fused-ring (bicyclic) bond motifs is 1. The number of ether oxygens (including phenoxy) is 1. The molecule has 1 N–H and O–H groups in total. The molecule has 0 aliphatic carbocycles. The summed E-state index contributed by atoms with van der Waals surface area (Å²) in [5, 5.41) is 20.4. The van der Waals surface area contributed by atoms with Crippen LogP contribution in [0, 0.1) is 36.5 Å². The number of nitrogens with zero attached hydrogens (tertiary/aromatic N) is 5. The molecule has 0 aromatic carbocycles. The van der Waals surface area contributed by atoms with Crippen LogP contribution in [0.1, 0.15) is 53.0 Å². The summed E-state index contributed by atoms with van der Waals surface area (Å²) in [6, 6.07) is 10.3. The Balaban J connectivity index is 1.80. The quantitative estimate of drug-likeness (QED) is 0.411. The molecule has 0 unspecified atom stereocenters. The zero-order valence-corrected chi connectivity index (χ0v) is 19.3. The Morgan fingerprint density at radius 2 is 2.03 bits per heavy atom. The van der Waals surface area contributed by atoms with E-state index in [4.69, 9.17) is 4.74 Å². The minimum Gasteiger partial charge on any atom is -0.481 e. The highest BCUT2D eigenvalue weighted by Crippen LogP contribution is 2.34. The predicted molar refractivity (Wildman–Crippen MR) is 126 cm³/mol. The van der Waals surface area contributed by atoms with Crippen molar-refractivity contribution in [2.24, 2.45) is 0 Å². The van der Waals surface area contributed by atoms with Gasteiger partial charge in [0.1, 0.15) is 23.0 Å². The maximum atomic E-state index is 9.83. The van der Waals surface area contributed by atoms with Gasteiger partial charge < -0.3 is 14.3 Å². The number of rotatable bonds is 5. The van der Waals surface area contributed by atoms with Gasteiger partial charge in [0.15, 0.2) is 0 Å². The monoisotopic (exact) mass is 442 g/mol. The average Bonchev–Trinajstić information content (AvgIpc) is 3.46. The van der Waals surface area contributed by atoms with Gasteiger partial charge in [-0.3, -0.25) is 0 Å². The third kappa shape index (κ3) is 3.66. The van der Waals surface area contributed by atoms with Crippen LogP contribution >= 0.6 is 11.3 Å². The second-order valence-electron chi connectivity index (χ2n) is 7.80. The Kier molecular flexibility index (Phi) is 5.56. The molecular weight excluding hydrogens is 420 g/mol. The summed E-state index contributed by atoms with van der Waals surface area (Å²) in [5.41, 5.74) is 5.34. The Morgan fingerprint density at radius 3 is 2.69 bits per heavy atom. The fraction of sp³-hybridized carbons (Fsp3) is 0.250. The number of methoxy groups -OCH3 is 1. The fourth-order valence-corrected chi connectivity index (χ4v) is 4.84. The molecular formula is C24H22N6OS. The molecule has 0 radical (unpaired) electrons. The second-order valence-corrected chi connectivity index (χ2v) is 8.86. The number of nitriles is 2. The minimum atomic E-state index is 0.350. The van der Waals surface area contributed by atoms with Gasteiger partial charge in [-0.15, -0.1) is 11.3 Å². The largest absolute Gasteiger partial charge is 0.481 e. The molecule has 0 amide bonds. The zero-order valence-electron chi connectivity index (χ0n) is 18.5. The van der Waals surface area contributed by atoms with Crippen molar-refractivity contribution in [3.05, 3.63) is 57.6 Å². The molecule has 4 rings (SSSR count). The Hall–Kier alpha value is -3.88. The smallest absolute Gasteiger partial charge is 0.215 e. The van der Waals surface area contributed by atoms with E-state index < -0.39 is 0 Å². The van der Waals surface area contributed by atoms with Gasteiger partial charge in [0.2, 0.25) is 5.88 Å². The number of aromatic amines is 1. The molecule has 4 heterocycles. The van der Waals surface area contributed by atoms with Crippen LogP contribution in [0.3, 0.4) is 0 Å². The van der Waals surface area contributed by atoms with Gasteiger partial charge in [0.25, 0.3) is 0 Å². The van der Waals surface area contributed by atoms with Crippen molar-refractivity contribution in [3.63, 3.8) is 0 Å². The third-order valence-corrected chi connectivity index (χ3v) is 6.74. The molecule has 160 valence electrons. The van der Waals surface area contributed by atoms with Gasteiger partial charge in [-0.2, -0.15) is 10.5 Å². The van der Waals surface area contributed by atoms with Crippen LogP contribution in [0.25, 0.3) is 27.7 Å². The molecule has 8 heteroatoms. The number of H-pyrrole nitrogens is 1. The lowest BCUT2D eigenvalue weighted by Gasteiger charge is -2.08. The molecule has 0 aliphatic heterocycles. The summed E-state index contributed by atoms with van der Waals surface area (Å²) in [5.74, 6) is 1.28. The van der Waals surface area contributed by atoms with E-state index in [2.05, 4.69) is 45.5 Å². The number of pyridine rings is 1. The number of hydrogen-bond donors (Lipinski definition) is 1. The molecule has 4 aromatic rings. The highest BCUT2D eigenvalue weighted by Gasteiger charge is 2.18. The van der Waals surface area contributed by atoms with Crippen molar-refractivity contribution >= 4 is 34.0 Å². The maximum Gasteiger partial charge on any atom is 0.215 e. The van der Waals surface area contributed by atoms with Gasteiger partial charge in [0.05, 0.1) is 35.5 Å². The minimum absolute atomic E-state index is 0.350. The maximum absolute atomic E-state index is 9.83. The second kappa shape index (κ2) is 8.33. The normalized spacial score (nSPS) is 11.7. The molecule has 0 aliphatic rings. The van der Waals surface area contributed by atoms with Crippen molar-refractivity contribution < 1.29 is 4.74 Å². The number of hydrogen-bond acceptors (Lipinski definition) is 6. The zero-order chi connectivity index (χ0) is 23.0. The van der Waals surface area contributed by atoms with E-state index in [1.807, 2.05) is 32.1 Å². The van der Waals surface area contributed by atoms with Crippen LogP contribution in [0.5, 0.6) is 5.88 Å². The first-order valence-corrected chi connectivity index (χ1v) is 10.9. The van der Waals surface area contributed by atoms with Crippen molar-refractivity contribution in [2.45, 2.75) is 33.6 Å². The van der Waals surface area contributed by atoms with Gasteiger partial charge in [-0.1, -0.05) is 13.8 Å². The van der Waals surface area contributed by atoms with E-state index in [1.54, 1.807) is 30.7 Å². The van der Waals surface area contributed by atoms with Gasteiger partial charge in [-0.05, 0) is 43.5 Å². The third-order valence-electron chi connectivity index (χ3n) is 5.32. The van der Waals surface area contributed by atoms with Crippen LogP contribution in [0.4, 0.5) is 0 Å². The first kappa shape index (κ1) is 21.4. The Bertz CT molecular complexity index is 1440. The van der Waals surface area contributed by atoms with Crippen molar-refractivity contribution in [1.29, 1.82) is 10.5 Å². The van der Waals surface area contributed by atoms with E-state index >= 15 is 0 Å². The number of aromatic nitrogens is 4. The van der Waals surface area contributed by atoms with Gasteiger partial charge in [0, 0.05) is 22.3 Å². The van der Waals surface area contributed by atoms with Crippen LogP contribution in [0.15, 0.2) is 24.4 Å². The molecule has 7 nitrogen and oxygen atoms in total. The first-order chi connectivity index (χ1) is 15.4. The lowest BCUT2D eigenvalue weighted by Crippen LogP contribution is -1.98. The Morgan fingerprint density at radius 1 is 1.25 bits per heavy atom. The topological polar surface area (TPSA) is 103 Å². The van der Waals surface area contributed by atoms with Gasteiger partial charge >= 0.3 is 0 Å². The van der Waals surface area contributed by atoms with E-state index in [0.717, 1.165) is 27.5 Å². The van der Waals surface area contributed by atoms with Crippen LogP contribution in [-0.2, 0) is 0 Å². The summed E-state index contributed by atoms with van der Waals surface area (Å²) >= 11 is 1.63. The first-order valence-electron chi connectivity index (χ1n) is 10.1. The number of imidazole rings is 1. The van der Waals surface area contributed by atoms with Crippen molar-refractivity contribution in [2.75, 3.05) is 7.11 Å². The molecule has 0 fully saturated rings. The highest BCUT2D eigenvalue weighted by atomic mass is 32.1. The Labute approximate surface area is 190 Å². The molecule has 0 saturated heterocycles.